The normalized spacial score (nSPS) is 32.1. The highest BCUT2D eigenvalue weighted by atomic mass is 79.9. The minimum absolute atomic E-state index is 0.0664. The fourth-order valence-electron chi connectivity index (χ4n) is 6.00. The van der Waals surface area contributed by atoms with Crippen LogP contribution in [0, 0.1) is 11.3 Å². The average molecular weight is 701 g/mol. The van der Waals surface area contributed by atoms with Crippen molar-refractivity contribution in [2.24, 2.45) is 17.1 Å². The predicted molar refractivity (Wildman–Crippen MR) is 161 cm³/mol. The molecule has 0 radical (unpaired) electrons. The van der Waals surface area contributed by atoms with Crippen LogP contribution in [0.15, 0.2) is 45.8 Å². The Bertz CT molecular complexity index is 1520. The van der Waals surface area contributed by atoms with Crippen LogP contribution < -0.4 is 10.5 Å². The Morgan fingerprint density at radius 3 is 2.47 bits per heavy atom. The monoisotopic (exact) mass is 699 g/mol. The molecular formula is C29H38BrN3O8S2. The smallest absolute Gasteiger partial charge is 0.297 e. The summed E-state index contributed by atoms with van der Waals surface area (Å²) in [6, 6.07) is 3.96. The highest BCUT2D eigenvalue weighted by Crippen LogP contribution is 2.57. The van der Waals surface area contributed by atoms with Crippen molar-refractivity contribution in [2.75, 3.05) is 6.54 Å². The topological polar surface area (TPSA) is 170 Å². The Kier molecular flexibility index (Phi) is 9.00. The largest absolute Gasteiger partial charge is 0.329 e. The van der Waals surface area contributed by atoms with Crippen LogP contribution in [0.3, 0.4) is 0 Å². The first kappa shape index (κ1) is 32.3. The Balaban J connectivity index is 1.41. The van der Waals surface area contributed by atoms with Gasteiger partial charge in [-0.1, -0.05) is 40.9 Å². The van der Waals surface area contributed by atoms with Crippen molar-refractivity contribution in [3.05, 3.63) is 40.9 Å². The number of hydrogen-bond donors (Lipinski definition) is 2. The molecule has 4 aliphatic rings. The molecule has 2 amide bonds. The lowest BCUT2D eigenvalue weighted by Gasteiger charge is -2.27. The predicted octanol–water partition coefficient (Wildman–Crippen LogP) is 2.94. The van der Waals surface area contributed by atoms with Crippen molar-refractivity contribution in [3.63, 3.8) is 0 Å². The van der Waals surface area contributed by atoms with Crippen LogP contribution in [0.2, 0.25) is 0 Å². The summed E-state index contributed by atoms with van der Waals surface area (Å²) < 4.78 is 59.3. The Morgan fingerprint density at radius 2 is 1.79 bits per heavy atom. The average Bonchev–Trinajstić information content (AvgIpc) is 3.82. The second kappa shape index (κ2) is 12.0. The van der Waals surface area contributed by atoms with Crippen molar-refractivity contribution >= 4 is 53.7 Å². The fraction of sp³-hybridized carbons (Fsp3) is 0.621. The fourth-order valence-corrected chi connectivity index (χ4v) is 8.68. The number of benzene rings is 1. The molecule has 14 heteroatoms. The third kappa shape index (κ3) is 6.77. The third-order valence-corrected chi connectivity index (χ3v) is 13.3. The van der Waals surface area contributed by atoms with E-state index in [4.69, 9.17) is 9.92 Å². The van der Waals surface area contributed by atoms with Gasteiger partial charge in [-0.15, -0.1) is 0 Å². The zero-order valence-corrected chi connectivity index (χ0v) is 27.3. The number of sulfonamides is 1. The number of fused-ring (bicyclic) bond motifs is 2. The molecule has 43 heavy (non-hydrogen) atoms. The molecule has 0 bridgehead atoms. The number of hydrogen-bond acceptors (Lipinski definition) is 9. The van der Waals surface area contributed by atoms with Gasteiger partial charge >= 0.3 is 0 Å². The molecule has 3 fully saturated rings. The first-order chi connectivity index (χ1) is 20.2. The molecule has 5 rings (SSSR count). The molecular weight excluding hydrogens is 662 g/mol. The number of rotatable bonds is 6. The summed E-state index contributed by atoms with van der Waals surface area (Å²) in [6.45, 7) is 1.42. The molecule has 236 valence electrons. The highest BCUT2D eigenvalue weighted by molar-refractivity contribution is 9.10. The standard InChI is InChI=1S/C29H38BrN3O8S2/c1-28(13-14-28)43(39,40)32-27(36)29-16-19(29)7-5-3-2-4-6-8-23(31)26(35)33-18-21(15-24(33)25(34)17-29)41-42(37,38)22-11-9-20(30)10-12-22/h5,7,9-12,19,21,23-24H,2-4,6,8,13-18,31H2,1H3,(H,32,36)/b7-5-/t19-,21-,23-,24-,29+/m0/s1. The van der Waals surface area contributed by atoms with Gasteiger partial charge in [0.1, 0.15) is 0 Å². The maximum atomic E-state index is 13.9. The van der Waals surface area contributed by atoms with Crippen molar-refractivity contribution in [1.82, 2.24) is 9.62 Å². The molecule has 0 unspecified atom stereocenters. The second-order valence-electron chi connectivity index (χ2n) is 12.5. The van der Waals surface area contributed by atoms with Crippen molar-refractivity contribution < 1.29 is 35.4 Å². The van der Waals surface area contributed by atoms with E-state index in [0.29, 0.717) is 36.6 Å². The van der Waals surface area contributed by atoms with E-state index >= 15 is 0 Å². The lowest BCUT2D eigenvalue weighted by molar-refractivity contribution is -0.140. The number of Topliss-reactive ketones (excluding diaryl/α,β-unsaturated/α-hetero) is 1. The molecule has 2 saturated carbocycles. The molecule has 0 aromatic heterocycles. The van der Waals surface area contributed by atoms with Gasteiger partial charge in [0.15, 0.2) is 5.78 Å². The van der Waals surface area contributed by atoms with Crippen LogP contribution in [-0.2, 0) is 38.7 Å². The van der Waals surface area contributed by atoms with Gasteiger partial charge in [-0.2, -0.15) is 8.42 Å². The number of carbonyl (C=O) groups is 3. The zero-order chi connectivity index (χ0) is 31.2. The van der Waals surface area contributed by atoms with Gasteiger partial charge in [0.2, 0.25) is 21.8 Å². The van der Waals surface area contributed by atoms with Crippen LogP contribution in [0.1, 0.15) is 71.1 Å². The number of allylic oxidation sites excluding steroid dienone is 2. The van der Waals surface area contributed by atoms with E-state index in [1.165, 1.54) is 17.0 Å². The summed E-state index contributed by atoms with van der Waals surface area (Å²) in [7, 11) is -8.13. The van der Waals surface area contributed by atoms with E-state index in [0.717, 1.165) is 19.3 Å². The van der Waals surface area contributed by atoms with Crippen LogP contribution in [0.4, 0.5) is 0 Å². The maximum Gasteiger partial charge on any atom is 0.297 e. The highest BCUT2D eigenvalue weighted by Gasteiger charge is 2.62. The number of nitrogens with one attached hydrogen (secondary N) is 1. The van der Waals surface area contributed by atoms with Gasteiger partial charge in [-0.05, 0) is 75.6 Å². The van der Waals surface area contributed by atoms with Gasteiger partial charge in [0.05, 0.1) is 33.2 Å². The van der Waals surface area contributed by atoms with Gasteiger partial charge in [0, 0.05) is 23.9 Å². The van der Waals surface area contributed by atoms with E-state index in [-0.39, 0.29) is 30.2 Å². The van der Waals surface area contributed by atoms with Gasteiger partial charge in [-0.3, -0.25) is 23.3 Å². The molecule has 2 aliphatic heterocycles. The number of nitrogens with two attached hydrogens (primary N) is 1. The minimum Gasteiger partial charge on any atom is -0.329 e. The van der Waals surface area contributed by atoms with Crippen LogP contribution in [0.25, 0.3) is 0 Å². The number of nitrogens with zero attached hydrogens (tertiary/aromatic N) is 1. The molecule has 1 aromatic rings. The van der Waals surface area contributed by atoms with E-state index in [9.17, 15) is 31.2 Å². The summed E-state index contributed by atoms with van der Waals surface area (Å²) in [5.41, 5.74) is 4.98. The van der Waals surface area contributed by atoms with Crippen molar-refractivity contribution in [2.45, 2.75) is 99.0 Å². The SMILES string of the molecule is CC1(S(=O)(=O)NC(=O)[C@]23CC(=O)[C@@H]4C[C@H](OS(=O)(=O)c5ccc(Br)cc5)CN4C(=O)[C@@H](N)CCCCC/C=C\[C@H]2C3)CC1. The summed E-state index contributed by atoms with van der Waals surface area (Å²) in [5.74, 6) is -1.98. The Morgan fingerprint density at radius 1 is 1.09 bits per heavy atom. The maximum absolute atomic E-state index is 13.9. The van der Waals surface area contributed by atoms with Crippen molar-refractivity contribution in [3.8, 4) is 0 Å². The first-order valence-electron chi connectivity index (χ1n) is 14.7. The summed E-state index contributed by atoms with van der Waals surface area (Å²) in [5, 5.41) is 0. The zero-order valence-electron chi connectivity index (χ0n) is 24.0. The van der Waals surface area contributed by atoms with E-state index in [1.807, 2.05) is 12.2 Å². The van der Waals surface area contributed by atoms with Gasteiger partial charge in [0.25, 0.3) is 10.1 Å². The van der Waals surface area contributed by atoms with Crippen molar-refractivity contribution in [1.29, 1.82) is 0 Å². The molecule has 1 aromatic carbocycles. The summed E-state index contributed by atoms with van der Waals surface area (Å²) in [4.78, 5) is 42.2. The summed E-state index contributed by atoms with van der Waals surface area (Å²) in [6.07, 6.45) is 7.21. The lowest BCUT2D eigenvalue weighted by Crippen LogP contribution is -2.50. The molecule has 0 spiro atoms. The van der Waals surface area contributed by atoms with Gasteiger partial charge in [-0.25, -0.2) is 8.42 Å². The molecule has 5 atom stereocenters. The second-order valence-corrected chi connectivity index (χ2v) is 17.2. The number of halogens is 1. The van der Waals surface area contributed by atoms with E-state index in [1.54, 1.807) is 19.1 Å². The molecule has 1 saturated heterocycles. The van der Waals surface area contributed by atoms with Crippen LogP contribution in [0.5, 0.6) is 0 Å². The van der Waals surface area contributed by atoms with Crippen LogP contribution >= 0.6 is 15.9 Å². The van der Waals surface area contributed by atoms with Crippen LogP contribution in [-0.4, -0.2) is 68.8 Å². The minimum atomic E-state index is -4.21. The molecule has 2 aliphatic carbocycles. The van der Waals surface area contributed by atoms with E-state index < -0.39 is 66.1 Å². The molecule has 2 heterocycles. The first-order valence-corrected chi connectivity index (χ1v) is 18.4. The Hall–Kier alpha value is -2.13. The summed E-state index contributed by atoms with van der Waals surface area (Å²) >= 11 is 3.27. The lowest BCUT2D eigenvalue weighted by atomic mass is 9.91. The van der Waals surface area contributed by atoms with Gasteiger partial charge < -0.3 is 10.6 Å². The molecule has 11 nitrogen and oxygen atoms in total. The molecule has 3 N–H and O–H groups in total. The Labute approximate surface area is 261 Å². The quantitative estimate of drug-likeness (QED) is 0.335. The number of ketones is 1. The number of carbonyl (C=O) groups excluding carboxylic acids is 3. The number of amides is 2. The van der Waals surface area contributed by atoms with E-state index in [2.05, 4.69) is 20.7 Å². The third-order valence-electron chi connectivity index (χ3n) is 9.26.